The largest absolute Gasteiger partial charge is 0.493 e. The van der Waals surface area contributed by atoms with Crippen LogP contribution in [-0.2, 0) is 4.79 Å². The van der Waals surface area contributed by atoms with Crippen LogP contribution in [-0.4, -0.2) is 30.8 Å². The minimum atomic E-state index is 0.00107. The van der Waals surface area contributed by atoms with Gasteiger partial charge in [-0.25, -0.2) is 0 Å². The molecule has 0 aromatic heterocycles. The number of carbonyl (C=O) groups is 1. The standard InChI is InChI=1S/C17H27NO3/c1-3-4-15(9-11-19)13-18-17(20)10-12-21-16-7-5-14(2)6-8-16/h5-8,15,19H,3-4,9-13H2,1-2H3,(H,18,20). The zero-order valence-corrected chi connectivity index (χ0v) is 13.1. The molecule has 21 heavy (non-hydrogen) atoms. The highest BCUT2D eigenvalue weighted by Gasteiger charge is 2.09. The van der Waals surface area contributed by atoms with E-state index in [0.29, 0.717) is 25.5 Å². The summed E-state index contributed by atoms with van der Waals surface area (Å²) < 4.78 is 5.53. The highest BCUT2D eigenvalue weighted by atomic mass is 16.5. The Hall–Kier alpha value is -1.55. The van der Waals surface area contributed by atoms with Gasteiger partial charge < -0.3 is 15.2 Å². The average molecular weight is 293 g/mol. The molecule has 1 aromatic rings. The van der Waals surface area contributed by atoms with Gasteiger partial charge in [0.15, 0.2) is 0 Å². The van der Waals surface area contributed by atoms with E-state index in [0.717, 1.165) is 25.0 Å². The van der Waals surface area contributed by atoms with Crippen molar-refractivity contribution < 1.29 is 14.6 Å². The van der Waals surface area contributed by atoms with Gasteiger partial charge in [-0.1, -0.05) is 31.0 Å². The lowest BCUT2D eigenvalue weighted by Gasteiger charge is -2.15. The molecule has 118 valence electrons. The van der Waals surface area contributed by atoms with Crippen molar-refractivity contribution in [2.45, 2.75) is 39.5 Å². The van der Waals surface area contributed by atoms with Crippen LogP contribution in [0, 0.1) is 12.8 Å². The number of aryl methyl sites for hydroxylation is 1. The number of hydrogen-bond acceptors (Lipinski definition) is 3. The monoisotopic (exact) mass is 293 g/mol. The predicted octanol–water partition coefficient (Wildman–Crippen LogP) is 2.68. The van der Waals surface area contributed by atoms with Crippen LogP contribution in [0.25, 0.3) is 0 Å². The zero-order valence-electron chi connectivity index (χ0n) is 13.1. The van der Waals surface area contributed by atoms with Crippen molar-refractivity contribution in [2.75, 3.05) is 19.8 Å². The quantitative estimate of drug-likeness (QED) is 0.697. The lowest BCUT2D eigenvalue weighted by Crippen LogP contribution is -2.30. The molecule has 0 spiro atoms. The third-order valence-electron chi connectivity index (χ3n) is 3.44. The van der Waals surface area contributed by atoms with Gasteiger partial charge in [0.2, 0.25) is 5.91 Å². The molecule has 0 aliphatic heterocycles. The maximum Gasteiger partial charge on any atom is 0.223 e. The first-order chi connectivity index (χ1) is 10.2. The maximum atomic E-state index is 11.7. The van der Waals surface area contributed by atoms with E-state index in [1.165, 1.54) is 5.56 Å². The van der Waals surface area contributed by atoms with Crippen LogP contribution in [0.5, 0.6) is 5.75 Å². The number of rotatable bonds is 10. The summed E-state index contributed by atoms with van der Waals surface area (Å²) in [5, 5.41) is 11.9. The summed E-state index contributed by atoms with van der Waals surface area (Å²) in [6.07, 6.45) is 3.19. The molecule has 2 N–H and O–H groups in total. The van der Waals surface area contributed by atoms with Crippen LogP contribution in [0.2, 0.25) is 0 Å². The topological polar surface area (TPSA) is 58.6 Å². The number of ether oxygens (including phenoxy) is 1. The average Bonchev–Trinajstić information content (AvgIpc) is 2.47. The third kappa shape index (κ3) is 7.71. The highest BCUT2D eigenvalue weighted by molar-refractivity contribution is 5.75. The van der Waals surface area contributed by atoms with Gasteiger partial charge in [-0.15, -0.1) is 0 Å². The lowest BCUT2D eigenvalue weighted by molar-refractivity contribution is -0.121. The number of aliphatic hydroxyl groups is 1. The summed E-state index contributed by atoms with van der Waals surface area (Å²) in [5.41, 5.74) is 1.19. The van der Waals surface area contributed by atoms with E-state index in [2.05, 4.69) is 12.2 Å². The van der Waals surface area contributed by atoms with Gasteiger partial charge in [-0.2, -0.15) is 0 Å². The molecule has 1 aromatic carbocycles. The summed E-state index contributed by atoms with van der Waals surface area (Å²) in [6, 6.07) is 7.79. The van der Waals surface area contributed by atoms with Crippen molar-refractivity contribution in [1.82, 2.24) is 5.32 Å². The lowest BCUT2D eigenvalue weighted by atomic mass is 10.0. The number of nitrogens with one attached hydrogen (secondary N) is 1. The van der Waals surface area contributed by atoms with Crippen LogP contribution >= 0.6 is 0 Å². The Morgan fingerprint density at radius 2 is 2.00 bits per heavy atom. The van der Waals surface area contributed by atoms with Crippen LogP contribution in [0.4, 0.5) is 0 Å². The molecule has 0 bridgehead atoms. The molecule has 0 saturated heterocycles. The van der Waals surface area contributed by atoms with Gasteiger partial charge in [0.25, 0.3) is 0 Å². The van der Waals surface area contributed by atoms with E-state index in [9.17, 15) is 4.79 Å². The summed E-state index contributed by atoms with van der Waals surface area (Å²) in [5.74, 6) is 1.15. The molecule has 1 amide bonds. The minimum absolute atomic E-state index is 0.00107. The Kier molecular flexibility index (Phi) is 8.51. The summed E-state index contributed by atoms with van der Waals surface area (Å²) in [4.78, 5) is 11.7. The van der Waals surface area contributed by atoms with Gasteiger partial charge in [0.1, 0.15) is 5.75 Å². The Bertz CT molecular complexity index is 397. The second-order valence-corrected chi connectivity index (χ2v) is 5.38. The van der Waals surface area contributed by atoms with Gasteiger partial charge in [0.05, 0.1) is 13.0 Å². The smallest absolute Gasteiger partial charge is 0.223 e. The van der Waals surface area contributed by atoms with E-state index in [-0.39, 0.29) is 12.5 Å². The van der Waals surface area contributed by atoms with Crippen molar-refractivity contribution >= 4 is 5.91 Å². The predicted molar refractivity (Wildman–Crippen MR) is 84.4 cm³/mol. The minimum Gasteiger partial charge on any atom is -0.493 e. The molecular weight excluding hydrogens is 266 g/mol. The fraction of sp³-hybridized carbons (Fsp3) is 0.588. The molecule has 1 unspecified atom stereocenters. The van der Waals surface area contributed by atoms with Crippen molar-refractivity contribution in [2.24, 2.45) is 5.92 Å². The Morgan fingerprint density at radius 1 is 1.29 bits per heavy atom. The first kappa shape index (κ1) is 17.5. The SMILES string of the molecule is CCCC(CCO)CNC(=O)CCOc1ccc(C)cc1. The first-order valence-electron chi connectivity index (χ1n) is 7.72. The molecule has 0 aliphatic rings. The number of hydrogen-bond donors (Lipinski definition) is 2. The molecule has 0 fully saturated rings. The van der Waals surface area contributed by atoms with Crippen LogP contribution in [0.1, 0.15) is 38.2 Å². The van der Waals surface area contributed by atoms with Gasteiger partial charge in [0, 0.05) is 13.2 Å². The van der Waals surface area contributed by atoms with E-state index in [4.69, 9.17) is 9.84 Å². The first-order valence-corrected chi connectivity index (χ1v) is 7.72. The fourth-order valence-corrected chi connectivity index (χ4v) is 2.18. The third-order valence-corrected chi connectivity index (χ3v) is 3.44. The van der Waals surface area contributed by atoms with Gasteiger partial charge in [-0.3, -0.25) is 4.79 Å². The summed E-state index contributed by atoms with van der Waals surface area (Å²) in [6.45, 7) is 5.33. The van der Waals surface area contributed by atoms with Crippen LogP contribution in [0.15, 0.2) is 24.3 Å². The second-order valence-electron chi connectivity index (χ2n) is 5.38. The molecule has 0 aliphatic carbocycles. The Morgan fingerprint density at radius 3 is 2.62 bits per heavy atom. The van der Waals surface area contributed by atoms with Crippen LogP contribution in [0.3, 0.4) is 0 Å². The molecule has 0 saturated carbocycles. The number of amides is 1. The van der Waals surface area contributed by atoms with E-state index >= 15 is 0 Å². The molecule has 0 heterocycles. The Balaban J connectivity index is 2.19. The van der Waals surface area contributed by atoms with Crippen molar-refractivity contribution in [1.29, 1.82) is 0 Å². The zero-order chi connectivity index (χ0) is 15.5. The maximum absolute atomic E-state index is 11.7. The van der Waals surface area contributed by atoms with E-state index < -0.39 is 0 Å². The highest BCUT2D eigenvalue weighted by Crippen LogP contribution is 2.12. The molecule has 4 heteroatoms. The van der Waals surface area contributed by atoms with E-state index in [1.807, 2.05) is 31.2 Å². The van der Waals surface area contributed by atoms with Crippen molar-refractivity contribution in [3.05, 3.63) is 29.8 Å². The van der Waals surface area contributed by atoms with E-state index in [1.54, 1.807) is 0 Å². The summed E-state index contributed by atoms with van der Waals surface area (Å²) in [7, 11) is 0. The van der Waals surface area contributed by atoms with Gasteiger partial charge in [-0.05, 0) is 37.8 Å². The van der Waals surface area contributed by atoms with Gasteiger partial charge >= 0.3 is 0 Å². The normalized spacial score (nSPS) is 12.0. The fourth-order valence-electron chi connectivity index (χ4n) is 2.18. The molecule has 1 atom stereocenters. The molecule has 4 nitrogen and oxygen atoms in total. The Labute approximate surface area is 127 Å². The molecular formula is C17H27NO3. The molecule has 1 rings (SSSR count). The number of aliphatic hydroxyl groups excluding tert-OH is 1. The molecule has 0 radical (unpaired) electrons. The number of carbonyl (C=O) groups excluding carboxylic acids is 1. The van der Waals surface area contributed by atoms with Crippen LogP contribution < -0.4 is 10.1 Å². The van der Waals surface area contributed by atoms with Crippen molar-refractivity contribution in [3.63, 3.8) is 0 Å². The summed E-state index contributed by atoms with van der Waals surface area (Å²) >= 11 is 0. The second kappa shape index (κ2) is 10.2. The number of benzene rings is 1. The van der Waals surface area contributed by atoms with Crippen molar-refractivity contribution in [3.8, 4) is 5.75 Å².